The van der Waals surface area contributed by atoms with Crippen LogP contribution >= 0.6 is 0 Å². The van der Waals surface area contributed by atoms with Crippen LogP contribution in [0.5, 0.6) is 0 Å². The van der Waals surface area contributed by atoms with Crippen molar-refractivity contribution in [3.63, 3.8) is 0 Å². The Balaban J connectivity index is 1.85. The lowest BCUT2D eigenvalue weighted by Gasteiger charge is -2.23. The number of hydrogen-bond donors (Lipinski definition) is 2. The number of rotatable bonds is 1. The Bertz CT molecular complexity index is 240. The lowest BCUT2D eigenvalue weighted by molar-refractivity contribution is 0.0497. The Labute approximate surface area is 90.8 Å². The van der Waals surface area contributed by atoms with Crippen molar-refractivity contribution in [2.24, 2.45) is 5.92 Å². The number of amides is 1. The van der Waals surface area contributed by atoms with Crippen molar-refractivity contribution < 1.29 is 9.53 Å². The minimum Gasteiger partial charge on any atom is -0.444 e. The first-order chi connectivity index (χ1) is 6.96. The molecule has 1 amide bonds. The van der Waals surface area contributed by atoms with Crippen molar-refractivity contribution in [2.75, 3.05) is 6.54 Å². The predicted octanol–water partition coefficient (Wildman–Crippen LogP) is 1.26. The summed E-state index contributed by atoms with van der Waals surface area (Å²) in [4.78, 5) is 11.6. The van der Waals surface area contributed by atoms with Gasteiger partial charge in [0.05, 0.1) is 6.04 Å². The number of piperidine rings is 1. The van der Waals surface area contributed by atoms with Gasteiger partial charge in [-0.2, -0.15) is 0 Å². The Morgan fingerprint density at radius 3 is 2.53 bits per heavy atom. The standard InChI is InChI=1S/C11H20N2O2/c1-11(2,3)15-10(14)13-9-7-4-5-8(9)12-6-7/h7-9,12H,4-6H2,1-3H3,(H,13,14)/t7-,8+,9?/m1/s1. The first-order valence-corrected chi connectivity index (χ1v) is 5.68. The van der Waals surface area contributed by atoms with Crippen LogP contribution in [0.1, 0.15) is 33.6 Å². The number of carbonyl (C=O) groups excluding carboxylic acids is 1. The number of fused-ring (bicyclic) bond motifs is 2. The predicted molar refractivity (Wildman–Crippen MR) is 57.7 cm³/mol. The molecule has 1 heterocycles. The molecule has 1 unspecified atom stereocenters. The molecule has 1 aliphatic heterocycles. The summed E-state index contributed by atoms with van der Waals surface area (Å²) >= 11 is 0. The van der Waals surface area contributed by atoms with Crippen molar-refractivity contribution in [1.82, 2.24) is 10.6 Å². The molecule has 0 aromatic carbocycles. The summed E-state index contributed by atoms with van der Waals surface area (Å²) in [5, 5.41) is 6.38. The quantitative estimate of drug-likeness (QED) is 0.688. The van der Waals surface area contributed by atoms with E-state index in [0.717, 1.165) is 6.54 Å². The van der Waals surface area contributed by atoms with Crippen molar-refractivity contribution in [1.29, 1.82) is 0 Å². The van der Waals surface area contributed by atoms with Crippen molar-refractivity contribution in [3.05, 3.63) is 0 Å². The summed E-state index contributed by atoms with van der Waals surface area (Å²) in [6, 6.07) is 0.738. The first kappa shape index (κ1) is 10.7. The Morgan fingerprint density at radius 1 is 1.40 bits per heavy atom. The van der Waals surface area contributed by atoms with Gasteiger partial charge in [0.1, 0.15) is 5.60 Å². The fraction of sp³-hybridized carbons (Fsp3) is 0.909. The van der Waals surface area contributed by atoms with Crippen LogP contribution in [0.2, 0.25) is 0 Å². The maximum atomic E-state index is 11.6. The highest BCUT2D eigenvalue weighted by Crippen LogP contribution is 2.31. The fourth-order valence-electron chi connectivity index (χ4n) is 2.50. The number of carbonyl (C=O) groups is 1. The topological polar surface area (TPSA) is 50.4 Å². The van der Waals surface area contributed by atoms with Gasteiger partial charge in [0.25, 0.3) is 0 Å². The largest absolute Gasteiger partial charge is 0.444 e. The minimum absolute atomic E-state index is 0.278. The van der Waals surface area contributed by atoms with E-state index in [-0.39, 0.29) is 12.1 Å². The number of ether oxygens (including phenoxy) is 1. The maximum absolute atomic E-state index is 11.6. The van der Waals surface area contributed by atoms with Crippen molar-refractivity contribution in [3.8, 4) is 0 Å². The van der Waals surface area contributed by atoms with Crippen LogP contribution in [-0.2, 0) is 4.74 Å². The van der Waals surface area contributed by atoms with Gasteiger partial charge < -0.3 is 15.4 Å². The summed E-state index contributed by atoms with van der Waals surface area (Å²) in [5.41, 5.74) is -0.408. The second-order valence-corrected chi connectivity index (χ2v) is 5.52. The van der Waals surface area contributed by atoms with E-state index in [0.29, 0.717) is 12.0 Å². The molecule has 2 fully saturated rings. The fourth-order valence-corrected chi connectivity index (χ4v) is 2.50. The molecule has 86 valence electrons. The summed E-state index contributed by atoms with van der Waals surface area (Å²) in [5.74, 6) is 0.600. The van der Waals surface area contributed by atoms with Crippen LogP contribution in [0.3, 0.4) is 0 Å². The van der Waals surface area contributed by atoms with Crippen molar-refractivity contribution in [2.45, 2.75) is 51.3 Å². The van der Waals surface area contributed by atoms with Crippen molar-refractivity contribution >= 4 is 6.09 Å². The average molecular weight is 212 g/mol. The van der Waals surface area contributed by atoms with Gasteiger partial charge in [0.15, 0.2) is 0 Å². The zero-order chi connectivity index (χ0) is 11.1. The first-order valence-electron chi connectivity index (χ1n) is 5.68. The SMILES string of the molecule is CC(C)(C)OC(=O)NC1[C@@H]2CC[C@@H]1NC2. The zero-order valence-electron chi connectivity index (χ0n) is 9.67. The monoisotopic (exact) mass is 212 g/mol. The van der Waals surface area contributed by atoms with Crippen LogP contribution in [-0.4, -0.2) is 30.3 Å². The van der Waals surface area contributed by atoms with Gasteiger partial charge in [-0.1, -0.05) is 0 Å². The van der Waals surface area contributed by atoms with E-state index in [2.05, 4.69) is 10.6 Å². The molecule has 0 radical (unpaired) electrons. The molecule has 0 aromatic rings. The molecule has 2 N–H and O–H groups in total. The van der Waals surface area contributed by atoms with Crippen LogP contribution in [0, 0.1) is 5.92 Å². The molecular weight excluding hydrogens is 192 g/mol. The van der Waals surface area contributed by atoms with E-state index in [1.165, 1.54) is 12.8 Å². The van der Waals surface area contributed by atoms with Crippen LogP contribution < -0.4 is 10.6 Å². The summed E-state index contributed by atoms with van der Waals surface area (Å²) in [6.45, 7) is 6.68. The van der Waals surface area contributed by atoms with E-state index in [4.69, 9.17) is 4.74 Å². The van der Waals surface area contributed by atoms with E-state index in [1.807, 2.05) is 20.8 Å². The molecule has 2 aliphatic rings. The van der Waals surface area contributed by atoms with Gasteiger partial charge in [-0.3, -0.25) is 0 Å². The number of nitrogens with one attached hydrogen (secondary N) is 2. The molecule has 0 aromatic heterocycles. The summed E-state index contributed by atoms with van der Waals surface area (Å²) in [6.07, 6.45) is 2.11. The molecule has 1 aliphatic carbocycles. The molecule has 1 saturated carbocycles. The Morgan fingerprint density at radius 2 is 2.13 bits per heavy atom. The van der Waals surface area contributed by atoms with Gasteiger partial charge in [-0.05, 0) is 39.5 Å². The van der Waals surface area contributed by atoms with Gasteiger partial charge >= 0.3 is 6.09 Å². The van der Waals surface area contributed by atoms with E-state index in [1.54, 1.807) is 0 Å². The highest BCUT2D eigenvalue weighted by atomic mass is 16.6. The van der Waals surface area contributed by atoms with Gasteiger partial charge in [0.2, 0.25) is 0 Å². The Hall–Kier alpha value is -0.770. The van der Waals surface area contributed by atoms with Gasteiger partial charge in [0, 0.05) is 12.6 Å². The molecule has 2 bridgehead atoms. The number of hydrogen-bond acceptors (Lipinski definition) is 3. The third-order valence-electron chi connectivity index (χ3n) is 3.12. The highest BCUT2D eigenvalue weighted by molar-refractivity contribution is 5.68. The minimum atomic E-state index is -0.408. The molecule has 2 rings (SSSR count). The second-order valence-electron chi connectivity index (χ2n) is 5.52. The van der Waals surface area contributed by atoms with Crippen LogP contribution in [0.4, 0.5) is 4.79 Å². The summed E-state index contributed by atoms with van der Waals surface area (Å²) in [7, 11) is 0. The second kappa shape index (κ2) is 3.67. The molecule has 4 heteroatoms. The molecule has 15 heavy (non-hydrogen) atoms. The molecule has 4 nitrogen and oxygen atoms in total. The third kappa shape index (κ3) is 2.43. The lowest BCUT2D eigenvalue weighted by Crippen LogP contribution is -2.44. The normalized spacial score (nSPS) is 34.2. The van der Waals surface area contributed by atoms with E-state index >= 15 is 0 Å². The number of alkyl carbamates (subject to hydrolysis) is 1. The highest BCUT2D eigenvalue weighted by Gasteiger charge is 2.42. The molecule has 3 atom stereocenters. The Kier molecular flexibility index (Phi) is 2.63. The molecule has 0 spiro atoms. The smallest absolute Gasteiger partial charge is 0.407 e. The van der Waals surface area contributed by atoms with E-state index in [9.17, 15) is 4.79 Å². The third-order valence-corrected chi connectivity index (χ3v) is 3.12. The van der Waals surface area contributed by atoms with Crippen LogP contribution in [0.25, 0.3) is 0 Å². The lowest BCUT2D eigenvalue weighted by atomic mass is 10.1. The average Bonchev–Trinajstić information content (AvgIpc) is 2.61. The van der Waals surface area contributed by atoms with E-state index < -0.39 is 5.60 Å². The molecular formula is C11H20N2O2. The molecule has 1 saturated heterocycles. The van der Waals surface area contributed by atoms with Gasteiger partial charge in [-0.15, -0.1) is 0 Å². The maximum Gasteiger partial charge on any atom is 0.407 e. The van der Waals surface area contributed by atoms with Crippen LogP contribution in [0.15, 0.2) is 0 Å². The summed E-state index contributed by atoms with van der Waals surface area (Å²) < 4.78 is 5.25. The zero-order valence-corrected chi connectivity index (χ0v) is 9.67. The van der Waals surface area contributed by atoms with Gasteiger partial charge in [-0.25, -0.2) is 4.79 Å².